The molecule has 3 rings (SSSR count). The molecule has 0 bridgehead atoms. The number of carbonyl (C=O) groups is 1. The van der Waals surface area contributed by atoms with Gasteiger partial charge in [-0.2, -0.15) is 9.61 Å². The van der Waals surface area contributed by atoms with Crippen LogP contribution in [0.1, 0.15) is 55.2 Å². The lowest BCUT2D eigenvalue weighted by atomic mass is 10.3. The third-order valence-electron chi connectivity index (χ3n) is 4.02. The number of anilines is 1. The van der Waals surface area contributed by atoms with Crippen LogP contribution in [-0.2, 0) is 23.4 Å². The summed E-state index contributed by atoms with van der Waals surface area (Å²) in [5.41, 5.74) is 0.485. The minimum absolute atomic E-state index is 0.134. The van der Waals surface area contributed by atoms with Gasteiger partial charge in [0.05, 0.1) is 11.4 Å². The summed E-state index contributed by atoms with van der Waals surface area (Å²) in [6, 6.07) is 1.49. The number of nitrogens with zero attached hydrogens (tertiary/aromatic N) is 5. The lowest BCUT2D eigenvalue weighted by molar-refractivity contribution is -0.113. The lowest BCUT2D eigenvalue weighted by Crippen LogP contribution is -2.16. The first-order valence-corrected chi connectivity index (χ1v) is 12.5. The van der Waals surface area contributed by atoms with Crippen molar-refractivity contribution >= 4 is 50.4 Å². The largest absolute Gasteiger partial charge is 0.300 e. The van der Waals surface area contributed by atoms with Crippen LogP contribution in [0.15, 0.2) is 10.9 Å². The molecule has 1 amide bonds. The number of hydrogen-bond donors (Lipinski definition) is 1. The molecule has 0 spiro atoms. The van der Waals surface area contributed by atoms with E-state index in [0.29, 0.717) is 21.5 Å². The highest BCUT2D eigenvalue weighted by atomic mass is 32.2. The van der Waals surface area contributed by atoms with E-state index < -0.39 is 0 Å². The van der Waals surface area contributed by atoms with E-state index in [1.807, 2.05) is 0 Å². The van der Waals surface area contributed by atoms with Crippen molar-refractivity contribution in [3.05, 3.63) is 32.1 Å². The Morgan fingerprint density at radius 1 is 1.14 bits per heavy atom. The van der Waals surface area contributed by atoms with Crippen LogP contribution in [0.3, 0.4) is 0 Å². The second kappa shape index (κ2) is 10.8. The number of unbranched alkanes of at least 4 members (excludes halogenated alkanes) is 2. The smallest absolute Gasteiger partial charge is 0.275 e. The molecule has 11 heteroatoms. The van der Waals surface area contributed by atoms with E-state index in [1.54, 1.807) is 0 Å². The molecule has 0 aliphatic carbocycles. The van der Waals surface area contributed by atoms with Gasteiger partial charge in [-0.05, 0) is 12.8 Å². The van der Waals surface area contributed by atoms with Crippen molar-refractivity contribution in [2.45, 2.75) is 58.1 Å². The Balaban J connectivity index is 1.51. The summed E-state index contributed by atoms with van der Waals surface area (Å²) in [7, 11) is 0. The predicted molar refractivity (Wildman–Crippen MR) is 119 cm³/mol. The van der Waals surface area contributed by atoms with Crippen LogP contribution in [0, 0.1) is 0 Å². The predicted octanol–water partition coefficient (Wildman–Crippen LogP) is 3.56. The highest BCUT2D eigenvalue weighted by Gasteiger charge is 2.11. The van der Waals surface area contributed by atoms with Crippen LogP contribution in [0.4, 0.5) is 5.13 Å². The van der Waals surface area contributed by atoms with Gasteiger partial charge in [-0.15, -0.1) is 22.0 Å². The van der Waals surface area contributed by atoms with Crippen molar-refractivity contribution in [3.8, 4) is 0 Å². The van der Waals surface area contributed by atoms with Crippen molar-refractivity contribution in [1.82, 2.24) is 24.8 Å². The fourth-order valence-corrected chi connectivity index (χ4v) is 5.01. The van der Waals surface area contributed by atoms with E-state index in [9.17, 15) is 9.59 Å². The van der Waals surface area contributed by atoms with E-state index in [-0.39, 0.29) is 17.2 Å². The molecule has 1 N–H and O–H groups in total. The van der Waals surface area contributed by atoms with Gasteiger partial charge in [-0.1, -0.05) is 49.4 Å². The van der Waals surface area contributed by atoms with Crippen molar-refractivity contribution in [2.75, 3.05) is 11.1 Å². The number of fused-ring (bicyclic) bond motifs is 1. The first kappa shape index (κ1) is 21.8. The quantitative estimate of drug-likeness (QED) is 0.474. The van der Waals surface area contributed by atoms with Crippen molar-refractivity contribution < 1.29 is 4.79 Å². The Hall–Kier alpha value is -1.85. The summed E-state index contributed by atoms with van der Waals surface area (Å²) in [6.45, 7) is 4.25. The van der Waals surface area contributed by atoms with Crippen LogP contribution in [0.5, 0.6) is 0 Å². The third-order valence-corrected chi connectivity index (χ3v) is 6.86. The number of amides is 1. The Bertz CT molecular complexity index is 1010. The number of aromatic nitrogens is 5. The van der Waals surface area contributed by atoms with Crippen LogP contribution in [0.2, 0.25) is 0 Å². The molecule has 0 aliphatic rings. The van der Waals surface area contributed by atoms with Gasteiger partial charge in [-0.3, -0.25) is 14.9 Å². The van der Waals surface area contributed by atoms with E-state index >= 15 is 0 Å². The van der Waals surface area contributed by atoms with E-state index in [2.05, 4.69) is 39.4 Å². The molecular formula is C18H24N6O2S3. The zero-order valence-electron chi connectivity index (χ0n) is 16.5. The summed E-state index contributed by atoms with van der Waals surface area (Å²) in [6.07, 6.45) is 6.04. The SMILES string of the molecule is CCCCc1nnc(NC(=O)CSCc2cc(=O)n3nc(CCCC)sc3n2)s1. The second-order valence-corrected chi connectivity index (χ2v) is 9.61. The number of rotatable bonds is 11. The van der Waals surface area contributed by atoms with Gasteiger partial charge in [0.15, 0.2) is 0 Å². The number of thioether (sulfide) groups is 1. The molecule has 0 radical (unpaired) electrons. The van der Waals surface area contributed by atoms with E-state index in [1.165, 1.54) is 45.0 Å². The molecule has 0 saturated carbocycles. The number of nitrogens with one attached hydrogen (secondary N) is 1. The molecule has 0 fully saturated rings. The monoisotopic (exact) mass is 452 g/mol. The van der Waals surface area contributed by atoms with Gasteiger partial charge >= 0.3 is 0 Å². The normalized spacial score (nSPS) is 11.2. The minimum atomic E-state index is -0.178. The van der Waals surface area contributed by atoms with Crippen LogP contribution in [0.25, 0.3) is 4.96 Å². The average molecular weight is 453 g/mol. The Kier molecular flexibility index (Phi) is 8.13. The molecule has 3 aromatic heterocycles. The molecule has 29 heavy (non-hydrogen) atoms. The molecule has 156 valence electrons. The average Bonchev–Trinajstić information content (AvgIpc) is 3.31. The van der Waals surface area contributed by atoms with E-state index in [0.717, 1.165) is 48.5 Å². The van der Waals surface area contributed by atoms with Crippen molar-refractivity contribution in [2.24, 2.45) is 0 Å². The Labute approximate surface area is 181 Å². The number of aryl methyl sites for hydroxylation is 2. The molecule has 3 aromatic rings. The number of hydrogen-bond acceptors (Lipinski definition) is 9. The fourth-order valence-electron chi connectivity index (χ4n) is 2.54. The van der Waals surface area contributed by atoms with Crippen LogP contribution >= 0.6 is 34.4 Å². The summed E-state index contributed by atoms with van der Waals surface area (Å²) in [5, 5.41) is 17.6. The molecule has 8 nitrogen and oxygen atoms in total. The van der Waals surface area contributed by atoms with Crippen molar-refractivity contribution in [3.63, 3.8) is 0 Å². The Morgan fingerprint density at radius 3 is 2.66 bits per heavy atom. The summed E-state index contributed by atoms with van der Waals surface area (Å²) in [5.74, 6) is 0.611. The highest BCUT2D eigenvalue weighted by molar-refractivity contribution is 7.99. The van der Waals surface area contributed by atoms with Gasteiger partial charge in [0.1, 0.15) is 10.0 Å². The standard InChI is InChI=1S/C18H24N6O2S3/c1-3-5-7-14-21-22-17(28-14)20-13(25)11-27-10-12-9-16(26)24-18(19-12)29-15(23-24)8-6-4-2/h9H,3-8,10-11H2,1-2H3,(H,20,22,25). The van der Waals surface area contributed by atoms with Gasteiger partial charge in [-0.25, -0.2) is 4.98 Å². The maximum Gasteiger partial charge on any atom is 0.275 e. The molecule has 0 unspecified atom stereocenters. The molecule has 0 saturated heterocycles. The molecule has 0 aliphatic heterocycles. The van der Waals surface area contributed by atoms with Gasteiger partial charge < -0.3 is 0 Å². The maximum absolute atomic E-state index is 12.3. The summed E-state index contributed by atoms with van der Waals surface area (Å²) in [4.78, 5) is 29.5. The molecule has 0 aromatic carbocycles. The van der Waals surface area contributed by atoms with Gasteiger partial charge in [0.25, 0.3) is 5.56 Å². The maximum atomic E-state index is 12.3. The minimum Gasteiger partial charge on any atom is -0.300 e. The van der Waals surface area contributed by atoms with Crippen LogP contribution < -0.4 is 10.9 Å². The zero-order valence-corrected chi connectivity index (χ0v) is 19.0. The first-order valence-electron chi connectivity index (χ1n) is 9.67. The summed E-state index contributed by atoms with van der Waals surface area (Å²) >= 11 is 4.28. The second-order valence-electron chi connectivity index (χ2n) is 6.52. The third kappa shape index (κ3) is 6.31. The van der Waals surface area contributed by atoms with Crippen LogP contribution in [-0.4, -0.2) is 36.5 Å². The van der Waals surface area contributed by atoms with E-state index in [4.69, 9.17) is 0 Å². The topological polar surface area (TPSA) is 102 Å². The molecular weight excluding hydrogens is 428 g/mol. The lowest BCUT2D eigenvalue weighted by Gasteiger charge is -2.02. The highest BCUT2D eigenvalue weighted by Crippen LogP contribution is 2.19. The zero-order chi connectivity index (χ0) is 20.6. The summed E-state index contributed by atoms with van der Waals surface area (Å²) < 4.78 is 1.36. The molecule has 0 atom stereocenters. The Morgan fingerprint density at radius 2 is 1.90 bits per heavy atom. The first-order chi connectivity index (χ1) is 14.1. The molecule has 3 heterocycles. The fraction of sp³-hybridized carbons (Fsp3) is 0.556. The van der Waals surface area contributed by atoms with Crippen molar-refractivity contribution in [1.29, 1.82) is 0 Å². The number of carbonyl (C=O) groups excluding carboxylic acids is 1. The van der Waals surface area contributed by atoms with Gasteiger partial charge in [0.2, 0.25) is 16.0 Å². The van der Waals surface area contributed by atoms with Gasteiger partial charge in [0, 0.05) is 24.7 Å².